The van der Waals surface area contributed by atoms with Gasteiger partial charge in [-0.15, -0.1) is 10.2 Å². The highest BCUT2D eigenvalue weighted by atomic mass is 35.5. The molecule has 45 heavy (non-hydrogen) atoms. The average molecular weight is 694 g/mol. The molecule has 0 radical (unpaired) electrons. The molecule has 2 unspecified atom stereocenters. The monoisotopic (exact) mass is 693 g/mol. The molecule has 6 rings (SSSR count). The number of rotatable bonds is 7. The lowest BCUT2D eigenvalue weighted by Gasteiger charge is -2.39. The number of aliphatic imine (C=N–C) groups is 1. The largest absolute Gasteiger partial charge is 0.417 e. The maximum atomic E-state index is 13.3. The number of aromatic nitrogens is 3. The van der Waals surface area contributed by atoms with Crippen LogP contribution in [0.4, 0.5) is 29.8 Å². The van der Waals surface area contributed by atoms with Crippen molar-refractivity contribution in [2.24, 2.45) is 4.99 Å². The minimum atomic E-state index is -4.53. The Labute approximate surface area is 273 Å². The molecule has 236 valence electrons. The van der Waals surface area contributed by atoms with Crippen LogP contribution < -0.4 is 15.4 Å². The number of nitrogens with zero attached hydrogens (tertiary/aromatic N) is 5. The number of aryl methyl sites for hydroxylation is 1. The average Bonchev–Trinajstić information content (AvgIpc) is 3.68. The zero-order valence-electron chi connectivity index (χ0n) is 23.7. The van der Waals surface area contributed by atoms with Crippen molar-refractivity contribution in [2.75, 3.05) is 41.5 Å². The Balaban J connectivity index is 1.07. The van der Waals surface area contributed by atoms with Crippen molar-refractivity contribution in [1.29, 1.82) is 0 Å². The molecule has 0 aliphatic carbocycles. The number of nitrogens with one attached hydrogen (secondary N) is 4. The molecule has 2 aromatic heterocycles. The van der Waals surface area contributed by atoms with Gasteiger partial charge in [-0.3, -0.25) is 14.6 Å². The fourth-order valence-corrected chi connectivity index (χ4v) is 7.32. The number of anilines is 3. The van der Waals surface area contributed by atoms with Crippen molar-refractivity contribution in [3.63, 3.8) is 0 Å². The summed E-state index contributed by atoms with van der Waals surface area (Å²) in [6.45, 7) is 4.56. The third kappa shape index (κ3) is 6.84. The fraction of sp³-hybridized carbons (Fsp3) is 0.286. The van der Waals surface area contributed by atoms with E-state index in [-0.39, 0.29) is 11.2 Å². The van der Waals surface area contributed by atoms with E-state index in [0.29, 0.717) is 46.9 Å². The molecule has 2 aromatic carbocycles. The van der Waals surface area contributed by atoms with Gasteiger partial charge in [-0.25, -0.2) is 4.21 Å². The van der Waals surface area contributed by atoms with E-state index >= 15 is 0 Å². The molecule has 1 fully saturated rings. The lowest BCUT2D eigenvalue weighted by molar-refractivity contribution is -0.137. The second-order valence-electron chi connectivity index (χ2n) is 10.2. The van der Waals surface area contributed by atoms with Crippen LogP contribution in [0.5, 0.6) is 0 Å². The minimum Gasteiger partial charge on any atom is -0.347 e. The Hall–Kier alpha value is -3.57. The van der Waals surface area contributed by atoms with E-state index in [1.54, 1.807) is 24.7 Å². The summed E-state index contributed by atoms with van der Waals surface area (Å²) in [6.07, 6.45) is -0.736. The van der Waals surface area contributed by atoms with E-state index in [1.165, 1.54) is 23.5 Å². The number of benzene rings is 2. The van der Waals surface area contributed by atoms with Crippen LogP contribution in [0.2, 0.25) is 5.02 Å². The third-order valence-corrected chi connectivity index (χ3v) is 10.3. The molecule has 4 aromatic rings. The minimum absolute atomic E-state index is 0.344. The highest BCUT2D eigenvalue weighted by Crippen LogP contribution is 2.42. The van der Waals surface area contributed by atoms with Crippen molar-refractivity contribution in [3.8, 4) is 11.1 Å². The van der Waals surface area contributed by atoms with Crippen LogP contribution in [0.25, 0.3) is 11.1 Å². The molecule has 4 N–H and O–H groups in total. The van der Waals surface area contributed by atoms with Gasteiger partial charge >= 0.3 is 6.18 Å². The first-order valence-electron chi connectivity index (χ1n) is 13.9. The summed E-state index contributed by atoms with van der Waals surface area (Å²) in [5, 5.41) is 16.0. The van der Waals surface area contributed by atoms with Crippen LogP contribution in [0.3, 0.4) is 0 Å². The predicted molar refractivity (Wildman–Crippen MR) is 176 cm³/mol. The van der Waals surface area contributed by atoms with Crippen LogP contribution in [0, 0.1) is 0 Å². The molecule has 10 nitrogen and oxygen atoms in total. The van der Waals surface area contributed by atoms with Gasteiger partial charge in [0.2, 0.25) is 5.13 Å². The molecule has 17 heteroatoms. The predicted octanol–water partition coefficient (Wildman–Crippen LogP) is 6.37. The molecule has 0 amide bonds. The second-order valence-corrected chi connectivity index (χ2v) is 13.3. The number of alkyl halides is 3. The number of piperazine rings is 1. The number of hydrogen-bond donors (Lipinski definition) is 4. The Morgan fingerprint density at radius 2 is 1.91 bits per heavy atom. The van der Waals surface area contributed by atoms with Crippen molar-refractivity contribution in [1.82, 2.24) is 25.0 Å². The van der Waals surface area contributed by atoms with Gasteiger partial charge in [-0.2, -0.15) is 13.2 Å². The van der Waals surface area contributed by atoms with Gasteiger partial charge in [0.25, 0.3) is 0 Å². The van der Waals surface area contributed by atoms with Gasteiger partial charge in [-0.1, -0.05) is 35.9 Å². The quantitative estimate of drug-likeness (QED) is 0.165. The lowest BCUT2D eigenvalue weighted by Crippen LogP contribution is -2.50. The summed E-state index contributed by atoms with van der Waals surface area (Å²) < 4.78 is 55.4. The number of hydrogen-bond acceptors (Lipinski definition) is 8. The van der Waals surface area contributed by atoms with E-state index < -0.39 is 22.7 Å². The third-order valence-electron chi connectivity index (χ3n) is 7.40. The van der Waals surface area contributed by atoms with Gasteiger partial charge in [0.05, 0.1) is 21.8 Å². The molecule has 2 atom stereocenters. The smallest absolute Gasteiger partial charge is 0.347 e. The number of H-pyrrole nitrogens is 1. The first kappa shape index (κ1) is 31.4. The van der Waals surface area contributed by atoms with E-state index in [2.05, 4.69) is 45.3 Å². The van der Waals surface area contributed by atoms with Crippen LogP contribution in [0.15, 0.2) is 58.5 Å². The zero-order chi connectivity index (χ0) is 31.7. The number of aromatic amines is 1. The van der Waals surface area contributed by atoms with E-state index in [9.17, 15) is 17.4 Å². The summed E-state index contributed by atoms with van der Waals surface area (Å²) in [6, 6.07) is 10.9. The first-order chi connectivity index (χ1) is 21.6. The molecule has 2 aliphatic heterocycles. The first-order valence-corrected chi connectivity index (χ1v) is 16.6. The van der Waals surface area contributed by atoms with Crippen LogP contribution in [-0.4, -0.2) is 66.8 Å². The highest BCUT2D eigenvalue weighted by molar-refractivity contribution is 7.86. The molecule has 1 saturated heterocycles. The Bertz CT molecular complexity index is 1750. The lowest BCUT2D eigenvalue weighted by atomic mass is 9.99. The Morgan fingerprint density at radius 1 is 1.16 bits per heavy atom. The highest BCUT2D eigenvalue weighted by Gasteiger charge is 2.35. The van der Waals surface area contributed by atoms with Gasteiger partial charge in [0, 0.05) is 49.2 Å². The fourth-order valence-electron chi connectivity index (χ4n) is 5.11. The summed E-state index contributed by atoms with van der Waals surface area (Å²) >= 11 is 13.1. The van der Waals surface area contributed by atoms with E-state index in [1.807, 2.05) is 19.1 Å². The normalized spacial score (nSPS) is 17.4. The summed E-state index contributed by atoms with van der Waals surface area (Å²) in [5.74, 6) is 0.731. The molecule has 0 bridgehead atoms. The number of thiocarbonyl (C=S) groups is 1. The maximum absolute atomic E-state index is 13.3. The standard InChI is InChI=1S/C28H27ClF3N9OS3/c1-2-22-37-38-26(44-22)39-45(42)18-6-4-17(5-7-18)36-27(43)41-11-9-40(10-12-41)25-23-19(14-33-24(23)34-15-35-25)16-3-8-20(21(29)13-16)28(30,31)32/h3-8,13-15,25,33H,2,9-12H2,1H3,(H,34,35)(H,36,43)(H,38,39). The molecule has 0 spiro atoms. The SMILES string of the molecule is CCc1nnc(NS(=O)c2ccc(NC(=S)N3CCN(C4N=CNc5[nH]cc(-c6ccc(C(F)(F)F)c(Cl)c6)c54)CC3)cc2)s1. The van der Waals surface area contributed by atoms with Crippen LogP contribution >= 0.6 is 35.2 Å². The van der Waals surface area contributed by atoms with Gasteiger partial charge < -0.3 is 20.5 Å². The Morgan fingerprint density at radius 3 is 2.58 bits per heavy atom. The second kappa shape index (κ2) is 13.0. The van der Waals surface area contributed by atoms with Crippen molar-refractivity contribution in [2.45, 2.75) is 30.6 Å². The van der Waals surface area contributed by atoms with Crippen molar-refractivity contribution < 1.29 is 17.4 Å². The molecule has 4 heterocycles. The zero-order valence-corrected chi connectivity index (χ0v) is 26.9. The molecule has 0 saturated carbocycles. The van der Waals surface area contributed by atoms with Gasteiger partial charge in [0.1, 0.15) is 17.0 Å². The van der Waals surface area contributed by atoms with E-state index in [4.69, 9.17) is 23.8 Å². The van der Waals surface area contributed by atoms with E-state index in [0.717, 1.165) is 40.1 Å². The topological polar surface area (TPSA) is 114 Å². The number of fused-ring (bicyclic) bond motifs is 1. The van der Waals surface area contributed by atoms with Gasteiger partial charge in [-0.05, 0) is 60.6 Å². The molecular formula is C28H27ClF3N9OS3. The molecular weight excluding hydrogens is 667 g/mol. The Kier molecular flexibility index (Phi) is 9.10. The number of halogens is 4. The van der Waals surface area contributed by atoms with Gasteiger partial charge in [0.15, 0.2) is 16.1 Å². The van der Waals surface area contributed by atoms with Crippen LogP contribution in [-0.2, 0) is 23.6 Å². The summed E-state index contributed by atoms with van der Waals surface area (Å²) in [7, 11) is -1.48. The summed E-state index contributed by atoms with van der Waals surface area (Å²) in [4.78, 5) is 12.7. The molecule has 2 aliphatic rings. The van der Waals surface area contributed by atoms with Crippen LogP contribution in [0.1, 0.15) is 29.2 Å². The van der Waals surface area contributed by atoms with Crippen molar-refractivity contribution in [3.05, 3.63) is 69.8 Å². The summed E-state index contributed by atoms with van der Waals surface area (Å²) in [5.41, 5.74) is 2.03. The maximum Gasteiger partial charge on any atom is 0.417 e. The van der Waals surface area contributed by atoms with Crippen molar-refractivity contribution >= 4 is 74.2 Å².